The van der Waals surface area contributed by atoms with Gasteiger partial charge in [-0.15, -0.1) is 0 Å². The van der Waals surface area contributed by atoms with Crippen molar-refractivity contribution in [2.24, 2.45) is 0 Å². The summed E-state index contributed by atoms with van der Waals surface area (Å²) in [4.78, 5) is 53.6. The van der Waals surface area contributed by atoms with Gasteiger partial charge >= 0.3 is 12.1 Å². The lowest BCUT2D eigenvalue weighted by Gasteiger charge is -2.42. The van der Waals surface area contributed by atoms with Gasteiger partial charge in [-0.05, 0) is 57.9 Å². The second-order valence-electron chi connectivity index (χ2n) is 9.61. The highest BCUT2D eigenvalue weighted by Gasteiger charge is 2.33. The Balaban J connectivity index is 1.45. The third-order valence-electron chi connectivity index (χ3n) is 5.85. The molecular weight excluding hydrogens is 442 g/mol. The van der Waals surface area contributed by atoms with E-state index in [2.05, 4.69) is 4.90 Å². The van der Waals surface area contributed by atoms with Crippen LogP contribution in [0.4, 0.5) is 4.79 Å². The standard InChI is InChI=1S/C24H33N3O7/c1-24(2,3)34-23(32)25-10-8-18(9-11-25)26-12-13-27(21(29)15-26)14-20(28)17-4-6-19(7-5-17)33-16-22(30)31/h4-7,18H,8-16H2,1-3H3,(H,30,31). The number of carbonyl (C=O) groups excluding carboxylic acids is 3. The molecule has 1 aromatic carbocycles. The van der Waals surface area contributed by atoms with E-state index in [9.17, 15) is 19.2 Å². The smallest absolute Gasteiger partial charge is 0.410 e. The summed E-state index contributed by atoms with van der Waals surface area (Å²) in [5.41, 5.74) is -0.0861. The number of ketones is 1. The number of rotatable bonds is 7. The molecule has 0 aromatic heterocycles. The number of amides is 2. The number of piperidine rings is 1. The summed E-state index contributed by atoms with van der Waals surface area (Å²) in [7, 11) is 0. The van der Waals surface area contributed by atoms with Crippen LogP contribution in [-0.2, 0) is 14.3 Å². The van der Waals surface area contributed by atoms with Crippen LogP contribution in [0.15, 0.2) is 24.3 Å². The lowest BCUT2D eigenvalue weighted by molar-refractivity contribution is -0.139. The van der Waals surface area contributed by atoms with Crippen molar-refractivity contribution in [3.05, 3.63) is 29.8 Å². The zero-order valence-corrected chi connectivity index (χ0v) is 20.0. The minimum atomic E-state index is -1.08. The van der Waals surface area contributed by atoms with Gasteiger partial charge in [-0.3, -0.25) is 14.5 Å². The molecule has 0 bridgehead atoms. The van der Waals surface area contributed by atoms with Crippen molar-refractivity contribution in [2.75, 3.05) is 45.9 Å². The number of hydrogen-bond donors (Lipinski definition) is 1. The van der Waals surface area contributed by atoms with Crippen molar-refractivity contribution < 1.29 is 33.8 Å². The Labute approximate surface area is 199 Å². The maximum absolute atomic E-state index is 12.7. The van der Waals surface area contributed by atoms with E-state index in [4.69, 9.17) is 14.6 Å². The fraction of sp³-hybridized carbons (Fsp3) is 0.583. The molecule has 0 aliphatic carbocycles. The molecule has 34 heavy (non-hydrogen) atoms. The highest BCUT2D eigenvalue weighted by molar-refractivity contribution is 5.99. The summed E-state index contributed by atoms with van der Waals surface area (Å²) >= 11 is 0. The van der Waals surface area contributed by atoms with E-state index < -0.39 is 18.2 Å². The molecule has 0 saturated carbocycles. The maximum Gasteiger partial charge on any atom is 0.410 e. The first-order valence-electron chi connectivity index (χ1n) is 11.5. The molecule has 1 N–H and O–H groups in total. The second-order valence-corrected chi connectivity index (χ2v) is 9.61. The molecule has 2 heterocycles. The van der Waals surface area contributed by atoms with Gasteiger partial charge in [0.25, 0.3) is 0 Å². The fourth-order valence-electron chi connectivity index (χ4n) is 4.09. The third-order valence-corrected chi connectivity index (χ3v) is 5.85. The Morgan fingerprint density at radius 1 is 1.03 bits per heavy atom. The number of carbonyl (C=O) groups is 4. The summed E-state index contributed by atoms with van der Waals surface area (Å²) in [6.45, 7) is 7.68. The molecule has 2 fully saturated rings. The highest BCUT2D eigenvalue weighted by Crippen LogP contribution is 2.21. The minimum absolute atomic E-state index is 0.000901. The van der Waals surface area contributed by atoms with Crippen LogP contribution < -0.4 is 4.74 Å². The molecule has 0 spiro atoms. The second kappa shape index (κ2) is 10.9. The largest absolute Gasteiger partial charge is 0.482 e. The van der Waals surface area contributed by atoms with E-state index in [0.29, 0.717) is 37.5 Å². The van der Waals surface area contributed by atoms with E-state index in [-0.39, 0.29) is 36.9 Å². The van der Waals surface area contributed by atoms with E-state index in [0.717, 1.165) is 12.8 Å². The summed E-state index contributed by atoms with van der Waals surface area (Å²) in [5, 5.41) is 8.66. The Hall–Kier alpha value is -3.14. The number of piperazine rings is 1. The summed E-state index contributed by atoms with van der Waals surface area (Å²) in [6.07, 6.45) is 1.26. The van der Waals surface area contributed by atoms with E-state index in [1.807, 2.05) is 20.8 Å². The number of aliphatic carboxylic acids is 1. The van der Waals surface area contributed by atoms with E-state index in [1.54, 1.807) is 34.1 Å². The normalized spacial score (nSPS) is 18.0. The predicted octanol–water partition coefficient (Wildman–Crippen LogP) is 1.88. The number of nitrogens with zero attached hydrogens (tertiary/aromatic N) is 3. The van der Waals surface area contributed by atoms with Gasteiger partial charge in [-0.1, -0.05) is 0 Å². The molecule has 2 aliphatic heterocycles. The number of carboxylic acid groups (broad SMARTS) is 1. The summed E-state index contributed by atoms with van der Waals surface area (Å²) < 4.78 is 10.5. The van der Waals surface area contributed by atoms with Gasteiger partial charge < -0.3 is 24.4 Å². The van der Waals surface area contributed by atoms with Crippen molar-refractivity contribution in [1.29, 1.82) is 0 Å². The molecule has 186 valence electrons. The average molecular weight is 476 g/mol. The lowest BCUT2D eigenvalue weighted by Crippen LogP contribution is -2.56. The van der Waals surface area contributed by atoms with Gasteiger partial charge in [0.2, 0.25) is 5.91 Å². The first kappa shape index (κ1) is 25.5. The highest BCUT2D eigenvalue weighted by atomic mass is 16.6. The Morgan fingerprint density at radius 3 is 2.24 bits per heavy atom. The molecule has 2 saturated heterocycles. The van der Waals surface area contributed by atoms with Crippen molar-refractivity contribution >= 4 is 23.8 Å². The van der Waals surface area contributed by atoms with Crippen LogP contribution in [0.2, 0.25) is 0 Å². The molecule has 0 unspecified atom stereocenters. The Morgan fingerprint density at radius 2 is 1.68 bits per heavy atom. The molecule has 3 rings (SSSR count). The predicted molar refractivity (Wildman–Crippen MR) is 123 cm³/mol. The summed E-state index contributed by atoms with van der Waals surface area (Å²) in [6, 6.07) is 6.44. The minimum Gasteiger partial charge on any atom is -0.482 e. The number of Topliss-reactive ketones (excluding diaryl/α,β-unsaturated/α-hetero) is 1. The van der Waals surface area contributed by atoms with Crippen LogP contribution in [0.1, 0.15) is 44.0 Å². The monoisotopic (exact) mass is 475 g/mol. The van der Waals surface area contributed by atoms with Gasteiger partial charge in [0, 0.05) is 37.8 Å². The van der Waals surface area contributed by atoms with Crippen molar-refractivity contribution in [3.63, 3.8) is 0 Å². The molecule has 0 radical (unpaired) electrons. The quantitative estimate of drug-likeness (QED) is 0.594. The van der Waals surface area contributed by atoms with Crippen LogP contribution in [0, 0.1) is 0 Å². The Bertz CT molecular complexity index is 902. The average Bonchev–Trinajstić information content (AvgIpc) is 2.78. The lowest BCUT2D eigenvalue weighted by atomic mass is 10.0. The van der Waals surface area contributed by atoms with Crippen LogP contribution >= 0.6 is 0 Å². The molecule has 2 aliphatic rings. The maximum atomic E-state index is 12.7. The number of ether oxygens (including phenoxy) is 2. The van der Waals surface area contributed by atoms with Crippen molar-refractivity contribution in [3.8, 4) is 5.75 Å². The molecule has 10 nitrogen and oxygen atoms in total. The molecule has 10 heteroatoms. The van der Waals surface area contributed by atoms with Gasteiger partial charge in [0.05, 0.1) is 13.1 Å². The Kier molecular flexibility index (Phi) is 8.14. The zero-order chi connectivity index (χ0) is 24.9. The van der Waals surface area contributed by atoms with Crippen LogP contribution in [0.25, 0.3) is 0 Å². The van der Waals surface area contributed by atoms with Gasteiger partial charge in [0.15, 0.2) is 12.4 Å². The van der Waals surface area contributed by atoms with Gasteiger partial charge in [-0.25, -0.2) is 9.59 Å². The zero-order valence-electron chi connectivity index (χ0n) is 20.0. The third kappa shape index (κ3) is 7.18. The number of carboxylic acids is 1. The SMILES string of the molecule is CC(C)(C)OC(=O)N1CCC(N2CCN(CC(=O)c3ccc(OCC(=O)O)cc3)C(=O)C2)CC1. The first-order chi connectivity index (χ1) is 16.0. The molecule has 0 atom stereocenters. The van der Waals surface area contributed by atoms with E-state index >= 15 is 0 Å². The topological polar surface area (TPSA) is 117 Å². The van der Waals surface area contributed by atoms with Crippen molar-refractivity contribution in [2.45, 2.75) is 45.3 Å². The first-order valence-corrected chi connectivity index (χ1v) is 11.5. The molecular formula is C24H33N3O7. The molecule has 1 aromatic rings. The number of benzene rings is 1. The number of hydrogen-bond acceptors (Lipinski definition) is 7. The van der Waals surface area contributed by atoms with Crippen LogP contribution in [0.3, 0.4) is 0 Å². The van der Waals surface area contributed by atoms with Crippen LogP contribution in [-0.4, -0.2) is 101 Å². The molecule has 2 amide bonds. The van der Waals surface area contributed by atoms with Crippen molar-refractivity contribution in [1.82, 2.24) is 14.7 Å². The van der Waals surface area contributed by atoms with Gasteiger partial charge in [-0.2, -0.15) is 0 Å². The van der Waals surface area contributed by atoms with Gasteiger partial charge in [0.1, 0.15) is 11.4 Å². The summed E-state index contributed by atoms with van der Waals surface area (Å²) in [5.74, 6) is -0.986. The van der Waals surface area contributed by atoms with E-state index in [1.165, 1.54) is 0 Å². The fourth-order valence-corrected chi connectivity index (χ4v) is 4.09. The van der Waals surface area contributed by atoms with Crippen LogP contribution in [0.5, 0.6) is 5.75 Å². The number of likely N-dealkylation sites (tertiary alicyclic amines) is 1.